The molecule has 4 rings (SSSR count). The van der Waals surface area contributed by atoms with Gasteiger partial charge in [0.15, 0.2) is 5.58 Å². The summed E-state index contributed by atoms with van der Waals surface area (Å²) in [6, 6.07) is 8.51. The molecule has 7 nitrogen and oxygen atoms in total. The van der Waals surface area contributed by atoms with E-state index in [2.05, 4.69) is 9.97 Å². The van der Waals surface area contributed by atoms with Gasteiger partial charge in [0, 0.05) is 24.2 Å². The van der Waals surface area contributed by atoms with Gasteiger partial charge in [-0.15, -0.1) is 0 Å². The molecule has 0 saturated carbocycles. The van der Waals surface area contributed by atoms with Crippen molar-refractivity contribution < 1.29 is 23.8 Å². The fourth-order valence-corrected chi connectivity index (χ4v) is 2.58. The van der Waals surface area contributed by atoms with Crippen LogP contribution in [0.4, 0.5) is 0 Å². The lowest BCUT2D eigenvalue weighted by Crippen LogP contribution is -2.15. The van der Waals surface area contributed by atoms with E-state index in [-0.39, 0.29) is 11.8 Å². The van der Waals surface area contributed by atoms with Gasteiger partial charge in [-0.25, -0.2) is 14.8 Å². The standard InChI is InChI=1S/C17H14N2O5/c20-17(21)14-7-10(3-5-18-14)16-19-13-8-11(1-2-15(13)24-16)23-12-4-6-22-9-12/h1-3,5,7-8,12H,4,6,9H2,(H,20,21)/t12-/m0/s1. The van der Waals surface area contributed by atoms with Gasteiger partial charge in [-0.1, -0.05) is 0 Å². The summed E-state index contributed by atoms with van der Waals surface area (Å²) in [5, 5.41) is 9.03. The topological polar surface area (TPSA) is 94.7 Å². The number of ether oxygens (including phenoxy) is 2. The zero-order valence-electron chi connectivity index (χ0n) is 12.6. The zero-order valence-corrected chi connectivity index (χ0v) is 12.6. The number of pyridine rings is 1. The molecular formula is C17H14N2O5. The van der Waals surface area contributed by atoms with E-state index < -0.39 is 5.97 Å². The largest absolute Gasteiger partial charge is 0.488 e. The Labute approximate surface area is 136 Å². The average molecular weight is 326 g/mol. The molecule has 1 fully saturated rings. The number of hydrogen-bond acceptors (Lipinski definition) is 6. The van der Waals surface area contributed by atoms with Crippen molar-refractivity contribution in [2.24, 2.45) is 0 Å². The highest BCUT2D eigenvalue weighted by Crippen LogP contribution is 2.28. The third-order valence-corrected chi connectivity index (χ3v) is 3.78. The van der Waals surface area contributed by atoms with Crippen LogP contribution in [0.3, 0.4) is 0 Å². The molecule has 0 spiro atoms. The Morgan fingerprint density at radius 3 is 3.00 bits per heavy atom. The van der Waals surface area contributed by atoms with Crippen LogP contribution in [-0.2, 0) is 4.74 Å². The van der Waals surface area contributed by atoms with Crippen LogP contribution in [0.15, 0.2) is 40.9 Å². The number of nitrogens with zero attached hydrogens (tertiary/aromatic N) is 2. The number of rotatable bonds is 4. The van der Waals surface area contributed by atoms with Crippen molar-refractivity contribution in [2.45, 2.75) is 12.5 Å². The van der Waals surface area contributed by atoms with Gasteiger partial charge < -0.3 is 19.0 Å². The van der Waals surface area contributed by atoms with E-state index in [1.54, 1.807) is 18.2 Å². The molecule has 1 aromatic carbocycles. The summed E-state index contributed by atoms with van der Waals surface area (Å²) in [5.41, 5.74) is 1.76. The monoisotopic (exact) mass is 326 g/mol. The van der Waals surface area contributed by atoms with Crippen molar-refractivity contribution in [3.63, 3.8) is 0 Å². The van der Waals surface area contributed by atoms with Crippen LogP contribution in [0, 0.1) is 0 Å². The van der Waals surface area contributed by atoms with Crippen LogP contribution < -0.4 is 4.74 Å². The lowest BCUT2D eigenvalue weighted by molar-refractivity contribution is 0.0690. The fourth-order valence-electron chi connectivity index (χ4n) is 2.58. The minimum absolute atomic E-state index is 0.0555. The number of aromatic nitrogens is 2. The van der Waals surface area contributed by atoms with Crippen LogP contribution in [0.1, 0.15) is 16.9 Å². The summed E-state index contributed by atoms with van der Waals surface area (Å²) < 4.78 is 16.9. The number of oxazole rings is 1. The molecule has 0 amide bonds. The molecular weight excluding hydrogens is 312 g/mol. The highest BCUT2D eigenvalue weighted by molar-refractivity contribution is 5.87. The van der Waals surface area contributed by atoms with Crippen LogP contribution in [-0.4, -0.2) is 40.4 Å². The Bertz CT molecular complexity index is 899. The van der Waals surface area contributed by atoms with Gasteiger partial charge in [-0.3, -0.25) is 0 Å². The molecule has 0 unspecified atom stereocenters. The summed E-state index contributed by atoms with van der Waals surface area (Å²) in [6.45, 7) is 1.31. The maximum atomic E-state index is 11.0. The lowest BCUT2D eigenvalue weighted by Gasteiger charge is -2.10. The lowest BCUT2D eigenvalue weighted by atomic mass is 10.2. The minimum atomic E-state index is -1.09. The van der Waals surface area contributed by atoms with E-state index in [0.29, 0.717) is 34.9 Å². The smallest absolute Gasteiger partial charge is 0.354 e. The van der Waals surface area contributed by atoms with Crippen molar-refractivity contribution in [3.8, 4) is 17.2 Å². The Morgan fingerprint density at radius 2 is 2.21 bits per heavy atom. The van der Waals surface area contributed by atoms with Gasteiger partial charge in [-0.05, 0) is 24.3 Å². The zero-order chi connectivity index (χ0) is 16.5. The Morgan fingerprint density at radius 1 is 1.29 bits per heavy atom. The third kappa shape index (κ3) is 2.81. The highest BCUT2D eigenvalue weighted by Gasteiger charge is 2.18. The van der Waals surface area contributed by atoms with Crippen LogP contribution in [0.25, 0.3) is 22.6 Å². The second-order valence-corrected chi connectivity index (χ2v) is 5.49. The van der Waals surface area contributed by atoms with Gasteiger partial charge in [0.1, 0.15) is 23.1 Å². The molecule has 7 heteroatoms. The first kappa shape index (κ1) is 14.6. The summed E-state index contributed by atoms with van der Waals surface area (Å²) in [5.74, 6) is -0.0440. The molecule has 0 aliphatic carbocycles. The normalized spacial score (nSPS) is 17.2. The molecule has 1 aliphatic rings. The van der Waals surface area contributed by atoms with Gasteiger partial charge in [0.2, 0.25) is 5.89 Å². The van der Waals surface area contributed by atoms with E-state index in [4.69, 9.17) is 19.0 Å². The highest BCUT2D eigenvalue weighted by atomic mass is 16.5. The molecule has 24 heavy (non-hydrogen) atoms. The molecule has 3 aromatic rings. The van der Waals surface area contributed by atoms with E-state index >= 15 is 0 Å². The SMILES string of the molecule is O=C(O)c1cc(-c2nc3cc(O[C@H]4CCOC4)ccc3o2)ccn1. The number of benzene rings is 1. The molecule has 2 aromatic heterocycles. The van der Waals surface area contributed by atoms with Crippen LogP contribution >= 0.6 is 0 Å². The molecule has 1 aliphatic heterocycles. The predicted octanol–water partition coefficient (Wildman–Crippen LogP) is 2.76. The molecule has 3 heterocycles. The number of hydrogen-bond donors (Lipinski definition) is 1. The van der Waals surface area contributed by atoms with Crippen molar-refractivity contribution in [1.82, 2.24) is 9.97 Å². The van der Waals surface area contributed by atoms with Crippen molar-refractivity contribution >= 4 is 17.1 Å². The van der Waals surface area contributed by atoms with Gasteiger partial charge >= 0.3 is 5.97 Å². The first-order chi connectivity index (χ1) is 11.7. The number of fused-ring (bicyclic) bond motifs is 1. The number of aromatic carboxylic acids is 1. The van der Waals surface area contributed by atoms with Crippen LogP contribution in [0.2, 0.25) is 0 Å². The summed E-state index contributed by atoms with van der Waals surface area (Å²) in [7, 11) is 0. The van der Waals surface area contributed by atoms with E-state index in [1.807, 2.05) is 6.07 Å². The van der Waals surface area contributed by atoms with Crippen LogP contribution in [0.5, 0.6) is 5.75 Å². The molecule has 0 bridgehead atoms. The summed E-state index contributed by atoms with van der Waals surface area (Å²) in [4.78, 5) is 19.2. The molecule has 122 valence electrons. The first-order valence-electron chi connectivity index (χ1n) is 7.54. The van der Waals surface area contributed by atoms with Crippen molar-refractivity contribution in [1.29, 1.82) is 0 Å². The van der Waals surface area contributed by atoms with Gasteiger partial charge in [0.05, 0.1) is 13.2 Å². The second kappa shape index (κ2) is 5.93. The quantitative estimate of drug-likeness (QED) is 0.787. The third-order valence-electron chi connectivity index (χ3n) is 3.78. The van der Waals surface area contributed by atoms with E-state index in [0.717, 1.165) is 13.0 Å². The maximum absolute atomic E-state index is 11.0. The number of carboxylic acid groups (broad SMARTS) is 1. The Balaban J connectivity index is 1.65. The second-order valence-electron chi connectivity index (χ2n) is 5.49. The van der Waals surface area contributed by atoms with Gasteiger partial charge in [0.25, 0.3) is 0 Å². The van der Waals surface area contributed by atoms with E-state index in [1.165, 1.54) is 12.3 Å². The summed E-state index contributed by atoms with van der Waals surface area (Å²) >= 11 is 0. The molecule has 1 atom stereocenters. The first-order valence-corrected chi connectivity index (χ1v) is 7.54. The predicted molar refractivity (Wildman–Crippen MR) is 84.1 cm³/mol. The Hall–Kier alpha value is -2.93. The number of carboxylic acids is 1. The van der Waals surface area contributed by atoms with Crippen molar-refractivity contribution in [3.05, 3.63) is 42.2 Å². The average Bonchev–Trinajstić information content (AvgIpc) is 3.24. The Kier molecular flexibility index (Phi) is 3.62. The minimum Gasteiger partial charge on any atom is -0.488 e. The fraction of sp³-hybridized carbons (Fsp3) is 0.235. The van der Waals surface area contributed by atoms with E-state index in [9.17, 15) is 4.79 Å². The van der Waals surface area contributed by atoms with Crippen molar-refractivity contribution in [2.75, 3.05) is 13.2 Å². The maximum Gasteiger partial charge on any atom is 0.354 e. The van der Waals surface area contributed by atoms with Gasteiger partial charge in [-0.2, -0.15) is 0 Å². The molecule has 0 radical (unpaired) electrons. The number of carbonyl (C=O) groups is 1. The molecule has 1 saturated heterocycles. The summed E-state index contributed by atoms with van der Waals surface area (Å²) in [6.07, 6.45) is 2.35. The molecule has 1 N–H and O–H groups in total.